The van der Waals surface area contributed by atoms with Crippen LogP contribution in [0.25, 0.3) is 0 Å². The van der Waals surface area contributed by atoms with E-state index >= 15 is 0 Å². The van der Waals surface area contributed by atoms with E-state index < -0.39 is 0 Å². The van der Waals surface area contributed by atoms with Crippen LogP contribution in [0.4, 0.5) is 0 Å². The Morgan fingerprint density at radius 2 is 1.69 bits per heavy atom. The summed E-state index contributed by atoms with van der Waals surface area (Å²) in [4.78, 5) is 4.26. The highest BCUT2D eigenvalue weighted by Crippen LogP contribution is 2.32. The SMILES string of the molecule is CN=C(NCc1ccc(OC)c(C)c1)NCc1ccc2c(c1)OCO2.I. The maximum absolute atomic E-state index is 5.40. The van der Waals surface area contributed by atoms with Crippen molar-refractivity contribution < 1.29 is 14.2 Å². The van der Waals surface area contributed by atoms with Gasteiger partial charge >= 0.3 is 0 Å². The van der Waals surface area contributed by atoms with Gasteiger partial charge in [0.2, 0.25) is 6.79 Å². The summed E-state index contributed by atoms with van der Waals surface area (Å²) in [5.41, 5.74) is 3.39. The predicted molar refractivity (Wildman–Crippen MR) is 113 cm³/mol. The summed E-state index contributed by atoms with van der Waals surface area (Å²) in [7, 11) is 3.44. The zero-order valence-electron chi connectivity index (χ0n) is 15.2. The Morgan fingerprint density at radius 3 is 2.35 bits per heavy atom. The lowest BCUT2D eigenvalue weighted by molar-refractivity contribution is 0.174. The van der Waals surface area contributed by atoms with Crippen LogP contribution in [0.5, 0.6) is 17.2 Å². The van der Waals surface area contributed by atoms with E-state index in [0.717, 1.165) is 34.3 Å². The summed E-state index contributed by atoms with van der Waals surface area (Å²) in [5, 5.41) is 6.62. The van der Waals surface area contributed by atoms with Crippen molar-refractivity contribution in [2.75, 3.05) is 21.0 Å². The van der Waals surface area contributed by atoms with E-state index in [9.17, 15) is 0 Å². The first-order valence-electron chi connectivity index (χ1n) is 8.16. The molecule has 0 bridgehead atoms. The second kappa shape index (κ2) is 9.51. The van der Waals surface area contributed by atoms with Crippen LogP contribution in [0.3, 0.4) is 0 Å². The van der Waals surface area contributed by atoms with E-state index in [1.807, 2.05) is 37.3 Å². The summed E-state index contributed by atoms with van der Waals surface area (Å²) in [5.74, 6) is 3.22. The molecule has 26 heavy (non-hydrogen) atoms. The highest BCUT2D eigenvalue weighted by molar-refractivity contribution is 14.0. The van der Waals surface area contributed by atoms with Gasteiger partial charge in [0, 0.05) is 20.1 Å². The molecule has 0 aliphatic carbocycles. The molecule has 0 saturated heterocycles. The topological polar surface area (TPSA) is 64.1 Å². The Kier molecular flexibility index (Phi) is 7.38. The third kappa shape index (κ3) is 4.94. The number of hydrogen-bond acceptors (Lipinski definition) is 4. The quantitative estimate of drug-likeness (QED) is 0.400. The van der Waals surface area contributed by atoms with Crippen LogP contribution in [0.1, 0.15) is 16.7 Å². The molecule has 0 saturated carbocycles. The van der Waals surface area contributed by atoms with Crippen molar-refractivity contribution in [3.8, 4) is 17.2 Å². The van der Waals surface area contributed by atoms with Crippen molar-refractivity contribution in [2.45, 2.75) is 20.0 Å². The molecule has 0 amide bonds. The van der Waals surface area contributed by atoms with Crippen LogP contribution in [-0.2, 0) is 13.1 Å². The smallest absolute Gasteiger partial charge is 0.231 e. The molecule has 1 aliphatic heterocycles. The van der Waals surface area contributed by atoms with E-state index in [1.54, 1.807) is 14.2 Å². The summed E-state index contributed by atoms with van der Waals surface area (Å²) >= 11 is 0. The Labute approximate surface area is 171 Å². The van der Waals surface area contributed by atoms with E-state index in [4.69, 9.17) is 14.2 Å². The van der Waals surface area contributed by atoms with Gasteiger partial charge in [-0.15, -0.1) is 24.0 Å². The number of hydrogen-bond donors (Lipinski definition) is 2. The number of nitrogens with zero attached hydrogens (tertiary/aromatic N) is 1. The Balaban J connectivity index is 0.00000243. The molecule has 3 rings (SSSR count). The molecule has 0 unspecified atom stereocenters. The number of fused-ring (bicyclic) bond motifs is 1. The normalized spacial score (nSPS) is 12.3. The van der Waals surface area contributed by atoms with Crippen LogP contribution in [0.15, 0.2) is 41.4 Å². The van der Waals surface area contributed by atoms with Gasteiger partial charge in [-0.25, -0.2) is 0 Å². The maximum atomic E-state index is 5.40. The number of nitrogens with one attached hydrogen (secondary N) is 2. The molecular weight excluding hydrogens is 445 g/mol. The predicted octanol–water partition coefficient (Wildman–Crippen LogP) is 3.22. The van der Waals surface area contributed by atoms with Crippen molar-refractivity contribution in [2.24, 2.45) is 4.99 Å². The average Bonchev–Trinajstić information content (AvgIpc) is 3.09. The second-order valence-corrected chi connectivity index (χ2v) is 5.77. The molecule has 0 radical (unpaired) electrons. The molecule has 0 atom stereocenters. The minimum atomic E-state index is 0. The van der Waals surface area contributed by atoms with Crippen LogP contribution < -0.4 is 24.8 Å². The first-order valence-corrected chi connectivity index (χ1v) is 8.16. The molecule has 2 aromatic rings. The van der Waals surface area contributed by atoms with Crippen LogP contribution in [0.2, 0.25) is 0 Å². The lowest BCUT2D eigenvalue weighted by Gasteiger charge is -2.13. The summed E-state index contributed by atoms with van der Waals surface area (Å²) in [6.07, 6.45) is 0. The van der Waals surface area contributed by atoms with Gasteiger partial charge in [0.05, 0.1) is 7.11 Å². The van der Waals surface area contributed by atoms with Crippen molar-refractivity contribution in [3.63, 3.8) is 0 Å². The zero-order chi connectivity index (χ0) is 17.6. The van der Waals surface area contributed by atoms with Crippen molar-refractivity contribution in [1.82, 2.24) is 10.6 Å². The largest absolute Gasteiger partial charge is 0.496 e. The van der Waals surface area contributed by atoms with Gasteiger partial charge in [0.25, 0.3) is 0 Å². The molecule has 2 aromatic carbocycles. The molecule has 2 N–H and O–H groups in total. The Hall–Kier alpha value is -2.16. The standard InChI is InChI=1S/C19H23N3O3.HI/c1-13-8-14(4-6-16(13)23-3)10-21-19(20-2)22-11-15-5-7-17-18(9-15)25-12-24-17;/h4-9H,10-12H2,1-3H3,(H2,20,21,22);1H. The Bertz CT molecular complexity index is 781. The highest BCUT2D eigenvalue weighted by Gasteiger charge is 2.13. The van der Waals surface area contributed by atoms with Crippen LogP contribution in [0, 0.1) is 6.92 Å². The van der Waals surface area contributed by atoms with E-state index in [0.29, 0.717) is 13.1 Å². The maximum Gasteiger partial charge on any atom is 0.231 e. The van der Waals surface area contributed by atoms with Gasteiger partial charge in [-0.2, -0.15) is 0 Å². The molecule has 1 heterocycles. The van der Waals surface area contributed by atoms with Gasteiger partial charge in [0.15, 0.2) is 17.5 Å². The van der Waals surface area contributed by atoms with Crippen molar-refractivity contribution >= 4 is 29.9 Å². The highest BCUT2D eigenvalue weighted by atomic mass is 127. The third-order valence-electron chi connectivity index (χ3n) is 4.04. The van der Waals surface area contributed by atoms with E-state index in [1.165, 1.54) is 5.56 Å². The second-order valence-electron chi connectivity index (χ2n) is 5.77. The Morgan fingerprint density at radius 1 is 1.04 bits per heavy atom. The number of rotatable bonds is 5. The number of aryl methyl sites for hydroxylation is 1. The molecular formula is C19H24IN3O3. The van der Waals surface area contributed by atoms with Gasteiger partial charge in [0.1, 0.15) is 5.75 Å². The van der Waals surface area contributed by atoms with Gasteiger partial charge in [-0.1, -0.05) is 18.2 Å². The zero-order valence-corrected chi connectivity index (χ0v) is 17.5. The lowest BCUT2D eigenvalue weighted by Crippen LogP contribution is -2.36. The minimum absolute atomic E-state index is 0. The number of halogens is 1. The first kappa shape index (κ1) is 20.2. The van der Waals surface area contributed by atoms with Crippen molar-refractivity contribution in [1.29, 1.82) is 0 Å². The van der Waals surface area contributed by atoms with Gasteiger partial charge in [-0.3, -0.25) is 4.99 Å². The fraction of sp³-hybridized carbons (Fsp3) is 0.316. The molecule has 0 spiro atoms. The van der Waals surface area contributed by atoms with E-state index in [2.05, 4.69) is 21.7 Å². The summed E-state index contributed by atoms with van der Waals surface area (Å²) in [6, 6.07) is 12.1. The number of benzene rings is 2. The molecule has 0 aromatic heterocycles. The fourth-order valence-electron chi connectivity index (χ4n) is 2.69. The van der Waals surface area contributed by atoms with Crippen molar-refractivity contribution in [3.05, 3.63) is 53.1 Å². The lowest BCUT2D eigenvalue weighted by atomic mass is 10.1. The van der Waals surface area contributed by atoms with Crippen LogP contribution in [-0.4, -0.2) is 26.9 Å². The number of ether oxygens (including phenoxy) is 3. The monoisotopic (exact) mass is 469 g/mol. The first-order chi connectivity index (χ1) is 12.2. The molecule has 7 heteroatoms. The van der Waals surface area contributed by atoms with Gasteiger partial charge in [-0.05, 0) is 41.8 Å². The molecule has 140 valence electrons. The number of methoxy groups -OCH3 is 1. The molecule has 1 aliphatic rings. The van der Waals surface area contributed by atoms with Gasteiger partial charge < -0.3 is 24.8 Å². The molecule has 6 nitrogen and oxygen atoms in total. The van der Waals surface area contributed by atoms with Crippen LogP contribution >= 0.6 is 24.0 Å². The fourth-order valence-corrected chi connectivity index (χ4v) is 2.69. The summed E-state index contributed by atoms with van der Waals surface area (Å²) < 4.78 is 16.0. The van der Waals surface area contributed by atoms with E-state index in [-0.39, 0.29) is 30.8 Å². The third-order valence-corrected chi connectivity index (χ3v) is 4.04. The molecule has 0 fully saturated rings. The minimum Gasteiger partial charge on any atom is -0.496 e. The average molecular weight is 469 g/mol. The number of guanidine groups is 1. The summed E-state index contributed by atoms with van der Waals surface area (Å²) in [6.45, 7) is 3.66. The number of aliphatic imine (C=N–C) groups is 1.